The summed E-state index contributed by atoms with van der Waals surface area (Å²) in [6.45, 7) is 8.70. The maximum Gasteiger partial charge on any atom is 0.191 e. The van der Waals surface area contributed by atoms with E-state index in [1.165, 1.54) is 17.7 Å². The van der Waals surface area contributed by atoms with Crippen molar-refractivity contribution in [2.45, 2.75) is 39.7 Å². The molecule has 7 heteroatoms. The van der Waals surface area contributed by atoms with E-state index in [0.717, 1.165) is 54.9 Å². The molecule has 0 unspecified atom stereocenters. The maximum atomic E-state index is 4.67. The number of guanidine groups is 1. The lowest BCUT2D eigenvalue weighted by Gasteiger charge is -2.16. The van der Waals surface area contributed by atoms with Gasteiger partial charge in [-0.25, -0.2) is 15.0 Å². The van der Waals surface area contributed by atoms with Crippen LogP contribution in [0.1, 0.15) is 35.2 Å². The molecule has 0 radical (unpaired) electrons. The van der Waals surface area contributed by atoms with Crippen LogP contribution in [-0.2, 0) is 13.0 Å². The molecule has 1 saturated heterocycles. The monoisotopic (exact) mass is 372 g/mol. The molecule has 3 rings (SSSR count). The highest BCUT2D eigenvalue weighted by Crippen LogP contribution is 2.17. The molecular weight excluding hydrogens is 344 g/mol. The number of hydrogen-bond acceptors (Lipinski definition) is 5. The van der Waals surface area contributed by atoms with E-state index in [1.54, 1.807) is 11.3 Å². The first-order valence-corrected chi connectivity index (χ1v) is 10.2. The first-order valence-electron chi connectivity index (χ1n) is 9.38. The summed E-state index contributed by atoms with van der Waals surface area (Å²) in [7, 11) is 0. The van der Waals surface area contributed by atoms with E-state index in [1.807, 2.05) is 12.4 Å². The van der Waals surface area contributed by atoms with E-state index >= 15 is 0 Å². The Hall–Kier alpha value is -2.15. The highest BCUT2D eigenvalue weighted by atomic mass is 32.1. The van der Waals surface area contributed by atoms with Crippen LogP contribution in [0.2, 0.25) is 0 Å². The summed E-state index contributed by atoms with van der Waals surface area (Å²) in [5.41, 5.74) is 1.13. The Morgan fingerprint density at radius 2 is 2.04 bits per heavy atom. The van der Waals surface area contributed by atoms with Gasteiger partial charge in [0.2, 0.25) is 0 Å². The molecule has 1 aliphatic heterocycles. The van der Waals surface area contributed by atoms with E-state index < -0.39 is 0 Å². The molecule has 0 aliphatic carbocycles. The SMILES string of the molecule is CCNC(=NCc1ccc(N2CCCC2)nc1)NCCc1ncc(C)s1. The number of anilines is 1. The fraction of sp³-hybridized carbons (Fsp3) is 0.526. The average molecular weight is 373 g/mol. The Kier molecular flexibility index (Phi) is 6.82. The van der Waals surface area contributed by atoms with E-state index in [4.69, 9.17) is 0 Å². The minimum absolute atomic E-state index is 0.624. The zero-order valence-corrected chi connectivity index (χ0v) is 16.5. The van der Waals surface area contributed by atoms with E-state index in [0.29, 0.717) is 6.54 Å². The molecule has 0 aromatic carbocycles. The second kappa shape index (κ2) is 9.52. The Labute approximate surface area is 159 Å². The molecule has 6 nitrogen and oxygen atoms in total. The Balaban J connectivity index is 1.51. The van der Waals surface area contributed by atoms with Crippen molar-refractivity contribution in [3.8, 4) is 0 Å². The smallest absolute Gasteiger partial charge is 0.191 e. The summed E-state index contributed by atoms with van der Waals surface area (Å²) in [5.74, 6) is 1.92. The van der Waals surface area contributed by atoms with E-state index in [-0.39, 0.29) is 0 Å². The molecule has 0 amide bonds. The molecule has 1 fully saturated rings. The quantitative estimate of drug-likeness (QED) is 0.578. The molecule has 1 aliphatic rings. The summed E-state index contributed by atoms with van der Waals surface area (Å²) >= 11 is 1.75. The summed E-state index contributed by atoms with van der Waals surface area (Å²) < 4.78 is 0. The van der Waals surface area contributed by atoms with Crippen molar-refractivity contribution >= 4 is 23.1 Å². The molecule has 26 heavy (non-hydrogen) atoms. The van der Waals surface area contributed by atoms with Crippen LogP contribution in [0.3, 0.4) is 0 Å². The Morgan fingerprint density at radius 3 is 2.69 bits per heavy atom. The number of thiazole rings is 1. The molecule has 0 spiro atoms. The number of aromatic nitrogens is 2. The largest absolute Gasteiger partial charge is 0.357 e. The predicted molar refractivity (Wildman–Crippen MR) is 109 cm³/mol. The topological polar surface area (TPSA) is 65.4 Å². The normalized spacial score (nSPS) is 14.7. The van der Waals surface area contributed by atoms with Gasteiger partial charge in [-0.15, -0.1) is 11.3 Å². The number of nitrogens with one attached hydrogen (secondary N) is 2. The van der Waals surface area contributed by atoms with Gasteiger partial charge in [0.15, 0.2) is 5.96 Å². The number of nitrogens with zero attached hydrogens (tertiary/aromatic N) is 4. The molecule has 2 aromatic rings. The molecule has 3 heterocycles. The first kappa shape index (κ1) is 18.6. The van der Waals surface area contributed by atoms with Crippen LogP contribution in [0.15, 0.2) is 29.5 Å². The summed E-state index contributed by atoms with van der Waals surface area (Å²) in [6.07, 6.45) is 7.32. The van der Waals surface area contributed by atoms with Crippen molar-refractivity contribution in [2.24, 2.45) is 4.99 Å². The van der Waals surface area contributed by atoms with Gasteiger partial charge in [0.25, 0.3) is 0 Å². The van der Waals surface area contributed by atoms with Crippen molar-refractivity contribution in [1.29, 1.82) is 0 Å². The number of aliphatic imine (C=N–C) groups is 1. The predicted octanol–water partition coefficient (Wildman–Crippen LogP) is 2.74. The van der Waals surface area contributed by atoms with Crippen LogP contribution in [-0.4, -0.2) is 42.1 Å². The van der Waals surface area contributed by atoms with Gasteiger partial charge >= 0.3 is 0 Å². The van der Waals surface area contributed by atoms with Crippen molar-refractivity contribution in [2.75, 3.05) is 31.1 Å². The van der Waals surface area contributed by atoms with Crippen LogP contribution in [0.4, 0.5) is 5.82 Å². The van der Waals surface area contributed by atoms with Crippen molar-refractivity contribution in [1.82, 2.24) is 20.6 Å². The third kappa shape index (κ3) is 5.42. The zero-order chi connectivity index (χ0) is 18.2. The van der Waals surface area contributed by atoms with Gasteiger partial charge in [0.1, 0.15) is 5.82 Å². The summed E-state index contributed by atoms with van der Waals surface area (Å²) in [5, 5.41) is 7.84. The van der Waals surface area contributed by atoms with Crippen molar-refractivity contribution < 1.29 is 0 Å². The Morgan fingerprint density at radius 1 is 1.19 bits per heavy atom. The van der Waals surface area contributed by atoms with Gasteiger partial charge < -0.3 is 15.5 Å². The van der Waals surface area contributed by atoms with E-state index in [9.17, 15) is 0 Å². The molecule has 0 saturated carbocycles. The van der Waals surface area contributed by atoms with Crippen molar-refractivity contribution in [3.05, 3.63) is 40.0 Å². The average Bonchev–Trinajstić information content (AvgIpc) is 3.32. The van der Waals surface area contributed by atoms with Gasteiger partial charge in [0.05, 0.1) is 11.6 Å². The fourth-order valence-electron chi connectivity index (χ4n) is 2.96. The highest BCUT2D eigenvalue weighted by molar-refractivity contribution is 7.11. The lowest BCUT2D eigenvalue weighted by Crippen LogP contribution is -2.38. The first-order chi connectivity index (χ1) is 12.7. The molecular formula is C19H28N6S. The Bertz CT molecular complexity index is 703. The molecule has 0 bridgehead atoms. The van der Waals surface area contributed by atoms with Gasteiger partial charge in [-0.05, 0) is 38.3 Å². The lowest BCUT2D eigenvalue weighted by molar-refractivity contribution is 0.796. The summed E-state index contributed by atoms with van der Waals surface area (Å²) in [6, 6.07) is 4.24. The second-order valence-electron chi connectivity index (χ2n) is 6.46. The zero-order valence-electron chi connectivity index (χ0n) is 15.7. The summed E-state index contributed by atoms with van der Waals surface area (Å²) in [4.78, 5) is 17.3. The van der Waals surface area contributed by atoms with Gasteiger partial charge in [0, 0.05) is 49.9 Å². The van der Waals surface area contributed by atoms with Gasteiger partial charge in [-0.1, -0.05) is 6.07 Å². The second-order valence-corrected chi connectivity index (χ2v) is 7.77. The number of aryl methyl sites for hydroxylation is 1. The number of hydrogen-bond donors (Lipinski definition) is 2. The van der Waals surface area contributed by atoms with Crippen LogP contribution >= 0.6 is 11.3 Å². The number of rotatable bonds is 7. The van der Waals surface area contributed by atoms with E-state index in [2.05, 4.69) is 56.5 Å². The van der Waals surface area contributed by atoms with Crippen LogP contribution in [0.5, 0.6) is 0 Å². The van der Waals surface area contributed by atoms with Crippen molar-refractivity contribution in [3.63, 3.8) is 0 Å². The highest BCUT2D eigenvalue weighted by Gasteiger charge is 2.12. The van der Waals surface area contributed by atoms with Gasteiger partial charge in [-0.3, -0.25) is 0 Å². The lowest BCUT2D eigenvalue weighted by atomic mass is 10.3. The third-order valence-corrected chi connectivity index (χ3v) is 5.28. The van der Waals surface area contributed by atoms with Crippen LogP contribution < -0.4 is 15.5 Å². The fourth-order valence-corrected chi connectivity index (χ4v) is 3.75. The molecule has 2 aromatic heterocycles. The molecule has 2 N–H and O–H groups in total. The number of pyridine rings is 1. The third-order valence-electron chi connectivity index (χ3n) is 4.30. The standard InChI is InChI=1S/C19H28N6S/c1-3-20-19(21-9-8-18-23-12-15(2)26-18)24-14-16-6-7-17(22-13-16)25-10-4-5-11-25/h6-7,12-13H,3-5,8-11,14H2,1-2H3,(H2,20,21,24). The minimum atomic E-state index is 0.624. The minimum Gasteiger partial charge on any atom is -0.357 e. The van der Waals surface area contributed by atoms with Crippen LogP contribution in [0.25, 0.3) is 0 Å². The van der Waals surface area contributed by atoms with Crippen LogP contribution in [0, 0.1) is 6.92 Å². The molecule has 0 atom stereocenters. The molecule has 140 valence electrons. The van der Waals surface area contributed by atoms with Gasteiger partial charge in [-0.2, -0.15) is 0 Å². The maximum absolute atomic E-state index is 4.67.